The molecule has 94 valence electrons. The largest absolute Gasteiger partial charge is 0.496 e. The molecule has 17 heavy (non-hydrogen) atoms. The van der Waals surface area contributed by atoms with Crippen LogP contribution in [0.25, 0.3) is 0 Å². The average molecular weight is 243 g/mol. The fourth-order valence-electron chi connectivity index (χ4n) is 2.14. The van der Waals surface area contributed by atoms with Crippen LogP contribution in [0.15, 0.2) is 12.1 Å². The molecule has 1 atom stereocenters. The third-order valence-corrected chi connectivity index (χ3v) is 3.07. The molecule has 0 radical (unpaired) electrons. The van der Waals surface area contributed by atoms with E-state index in [1.807, 2.05) is 0 Å². The predicted octanol–water partition coefficient (Wildman–Crippen LogP) is 1.24. The van der Waals surface area contributed by atoms with Gasteiger partial charge in [0.05, 0.1) is 12.7 Å². The number of β-amino-alcohol motifs (C(OH)–C–C–N with tert-alkyl or cyclic N) is 1. The molecular formula is C12H15F2NO2. The van der Waals surface area contributed by atoms with E-state index in [1.54, 1.807) is 0 Å². The highest BCUT2D eigenvalue weighted by Gasteiger charge is 2.33. The van der Waals surface area contributed by atoms with Crippen molar-refractivity contribution in [2.45, 2.75) is 18.4 Å². The maximum atomic E-state index is 13.7. The van der Waals surface area contributed by atoms with Crippen molar-refractivity contribution < 1.29 is 18.6 Å². The summed E-state index contributed by atoms with van der Waals surface area (Å²) in [5.41, 5.74) is -0.758. The molecule has 1 aliphatic heterocycles. The van der Waals surface area contributed by atoms with Gasteiger partial charge in [0.2, 0.25) is 0 Å². The van der Waals surface area contributed by atoms with Gasteiger partial charge >= 0.3 is 0 Å². The molecule has 1 heterocycles. The van der Waals surface area contributed by atoms with Gasteiger partial charge in [-0.25, -0.2) is 8.78 Å². The van der Waals surface area contributed by atoms with Gasteiger partial charge in [0.25, 0.3) is 0 Å². The third-order valence-electron chi connectivity index (χ3n) is 3.07. The van der Waals surface area contributed by atoms with Crippen LogP contribution >= 0.6 is 0 Å². The van der Waals surface area contributed by atoms with E-state index in [-0.39, 0.29) is 17.7 Å². The number of benzene rings is 1. The van der Waals surface area contributed by atoms with Crippen LogP contribution in [0.3, 0.4) is 0 Å². The van der Waals surface area contributed by atoms with Crippen LogP contribution < -0.4 is 10.1 Å². The van der Waals surface area contributed by atoms with Crippen LogP contribution in [-0.2, 0) is 6.42 Å². The number of methoxy groups -OCH3 is 1. The second kappa shape index (κ2) is 4.58. The summed E-state index contributed by atoms with van der Waals surface area (Å²) in [6.07, 6.45) is 0.669. The van der Waals surface area contributed by atoms with Gasteiger partial charge in [-0.3, -0.25) is 0 Å². The summed E-state index contributed by atoms with van der Waals surface area (Å²) in [6.45, 7) is 1.11. The van der Waals surface area contributed by atoms with E-state index < -0.39 is 17.2 Å². The summed E-state index contributed by atoms with van der Waals surface area (Å²) in [4.78, 5) is 0. The van der Waals surface area contributed by atoms with Crippen molar-refractivity contribution in [2.75, 3.05) is 20.2 Å². The molecule has 0 bridgehead atoms. The molecule has 0 spiro atoms. The van der Waals surface area contributed by atoms with Gasteiger partial charge in [0.1, 0.15) is 17.4 Å². The summed E-state index contributed by atoms with van der Waals surface area (Å²) < 4.78 is 31.6. The lowest BCUT2D eigenvalue weighted by molar-refractivity contribution is 0.0602. The van der Waals surface area contributed by atoms with Crippen molar-refractivity contribution in [3.63, 3.8) is 0 Å². The van der Waals surface area contributed by atoms with Crippen LogP contribution in [0.5, 0.6) is 5.75 Å². The summed E-state index contributed by atoms with van der Waals surface area (Å²) >= 11 is 0. The number of hydrogen-bond donors (Lipinski definition) is 2. The molecule has 0 aromatic heterocycles. The van der Waals surface area contributed by atoms with E-state index in [0.29, 0.717) is 19.5 Å². The first-order valence-electron chi connectivity index (χ1n) is 5.49. The molecule has 0 saturated carbocycles. The van der Waals surface area contributed by atoms with Crippen molar-refractivity contribution >= 4 is 0 Å². The minimum Gasteiger partial charge on any atom is -0.496 e. The zero-order valence-electron chi connectivity index (χ0n) is 9.59. The Hall–Kier alpha value is -1.20. The SMILES string of the molecule is COc1cc(F)cc(F)c1CC1(O)CCNC1. The zero-order chi connectivity index (χ0) is 12.5. The molecule has 0 aliphatic carbocycles. The highest BCUT2D eigenvalue weighted by atomic mass is 19.1. The van der Waals surface area contributed by atoms with E-state index >= 15 is 0 Å². The molecular weight excluding hydrogens is 228 g/mol. The first-order valence-corrected chi connectivity index (χ1v) is 5.49. The minimum atomic E-state index is -0.980. The Morgan fingerprint density at radius 1 is 1.47 bits per heavy atom. The van der Waals surface area contributed by atoms with Crippen molar-refractivity contribution in [3.05, 3.63) is 29.3 Å². The third kappa shape index (κ3) is 2.56. The Morgan fingerprint density at radius 3 is 2.82 bits per heavy atom. The molecule has 1 aromatic carbocycles. The van der Waals surface area contributed by atoms with Gasteiger partial charge in [-0.15, -0.1) is 0 Å². The van der Waals surface area contributed by atoms with E-state index in [1.165, 1.54) is 7.11 Å². The highest BCUT2D eigenvalue weighted by molar-refractivity contribution is 5.36. The summed E-state index contributed by atoms with van der Waals surface area (Å²) in [5, 5.41) is 13.2. The summed E-state index contributed by atoms with van der Waals surface area (Å²) in [7, 11) is 1.36. The molecule has 2 N–H and O–H groups in total. The van der Waals surface area contributed by atoms with E-state index in [4.69, 9.17) is 4.74 Å². The lowest BCUT2D eigenvalue weighted by Crippen LogP contribution is -2.34. The standard InChI is InChI=1S/C12H15F2NO2/c1-17-11-5-8(13)4-10(14)9(11)6-12(16)2-3-15-7-12/h4-5,15-16H,2-3,6-7H2,1H3. The fourth-order valence-corrected chi connectivity index (χ4v) is 2.14. The molecule has 1 unspecified atom stereocenters. The molecule has 1 fully saturated rings. The Balaban J connectivity index is 2.31. The average Bonchev–Trinajstić information content (AvgIpc) is 2.69. The second-order valence-electron chi connectivity index (χ2n) is 4.40. The molecule has 1 aromatic rings. The molecule has 1 aliphatic rings. The first kappa shape index (κ1) is 12.3. The van der Waals surface area contributed by atoms with Crippen molar-refractivity contribution in [2.24, 2.45) is 0 Å². The molecule has 0 amide bonds. The van der Waals surface area contributed by atoms with Crippen molar-refractivity contribution in [1.29, 1.82) is 0 Å². The maximum Gasteiger partial charge on any atom is 0.133 e. The second-order valence-corrected chi connectivity index (χ2v) is 4.40. The summed E-state index contributed by atoms with van der Waals surface area (Å²) in [5.74, 6) is -1.22. The quantitative estimate of drug-likeness (QED) is 0.839. The molecule has 2 rings (SSSR count). The normalized spacial score (nSPS) is 24.0. The van der Waals surface area contributed by atoms with Crippen LogP contribution in [-0.4, -0.2) is 30.9 Å². The van der Waals surface area contributed by atoms with Crippen LogP contribution in [0, 0.1) is 11.6 Å². The number of ether oxygens (including phenoxy) is 1. The van der Waals surface area contributed by atoms with Gasteiger partial charge in [-0.1, -0.05) is 0 Å². The first-order chi connectivity index (χ1) is 8.04. The monoisotopic (exact) mass is 243 g/mol. The lowest BCUT2D eigenvalue weighted by atomic mass is 9.93. The molecule has 1 saturated heterocycles. The van der Waals surface area contributed by atoms with E-state index in [2.05, 4.69) is 5.32 Å². The van der Waals surface area contributed by atoms with Gasteiger partial charge < -0.3 is 15.2 Å². The van der Waals surface area contributed by atoms with E-state index in [0.717, 1.165) is 12.1 Å². The molecule has 5 heteroatoms. The molecule has 3 nitrogen and oxygen atoms in total. The number of hydrogen-bond acceptors (Lipinski definition) is 3. The number of nitrogens with one attached hydrogen (secondary N) is 1. The van der Waals surface area contributed by atoms with Crippen LogP contribution in [0.2, 0.25) is 0 Å². The highest BCUT2D eigenvalue weighted by Crippen LogP contribution is 2.29. The van der Waals surface area contributed by atoms with Gasteiger partial charge in [-0.2, -0.15) is 0 Å². The van der Waals surface area contributed by atoms with E-state index in [9.17, 15) is 13.9 Å². The summed E-state index contributed by atoms with van der Waals surface area (Å²) in [6, 6.07) is 1.94. The fraction of sp³-hybridized carbons (Fsp3) is 0.500. The van der Waals surface area contributed by atoms with Crippen molar-refractivity contribution in [1.82, 2.24) is 5.32 Å². The number of rotatable bonds is 3. The van der Waals surface area contributed by atoms with Crippen LogP contribution in [0.4, 0.5) is 8.78 Å². The Labute approximate surface area is 98.4 Å². The van der Waals surface area contributed by atoms with Gasteiger partial charge in [0.15, 0.2) is 0 Å². The lowest BCUT2D eigenvalue weighted by Gasteiger charge is -2.22. The van der Waals surface area contributed by atoms with Crippen LogP contribution in [0.1, 0.15) is 12.0 Å². The predicted molar refractivity (Wildman–Crippen MR) is 59.1 cm³/mol. The minimum absolute atomic E-state index is 0.120. The Bertz CT molecular complexity index is 417. The topological polar surface area (TPSA) is 41.5 Å². The van der Waals surface area contributed by atoms with Gasteiger partial charge in [0, 0.05) is 30.7 Å². The van der Waals surface area contributed by atoms with Gasteiger partial charge in [-0.05, 0) is 13.0 Å². The van der Waals surface area contributed by atoms with Crippen molar-refractivity contribution in [3.8, 4) is 5.75 Å². The Morgan fingerprint density at radius 2 is 2.24 bits per heavy atom. The number of aliphatic hydroxyl groups is 1. The Kier molecular flexibility index (Phi) is 3.31. The number of halogens is 2. The zero-order valence-corrected chi connectivity index (χ0v) is 9.59. The smallest absolute Gasteiger partial charge is 0.133 e. The maximum absolute atomic E-state index is 13.7.